The van der Waals surface area contributed by atoms with Crippen molar-refractivity contribution >= 4 is 86.0 Å². The molecular weight excluding hydrogens is 617 g/mol. The first-order valence-electron chi connectivity index (χ1n) is 16.5. The Morgan fingerprint density at radius 3 is 1.63 bits per heavy atom. The average Bonchev–Trinajstić information content (AvgIpc) is 3.81. The number of para-hydroxylation sites is 4. The Bertz CT molecular complexity index is 3020. The van der Waals surface area contributed by atoms with E-state index in [0.29, 0.717) is 5.95 Å². The van der Waals surface area contributed by atoms with Gasteiger partial charge in [0.05, 0.1) is 44.2 Å². The van der Waals surface area contributed by atoms with Crippen LogP contribution < -0.4 is 0 Å². The summed E-state index contributed by atoms with van der Waals surface area (Å²) in [6.45, 7) is 0. The highest BCUT2D eigenvalue weighted by Gasteiger charge is 2.20. The molecule has 0 aliphatic heterocycles. The predicted molar refractivity (Wildman–Crippen MR) is 207 cm³/mol. The molecule has 7 aromatic carbocycles. The van der Waals surface area contributed by atoms with E-state index >= 15 is 0 Å². The highest BCUT2D eigenvalue weighted by atomic mass is 32.1. The fraction of sp³-hybridized carbons (Fsp3) is 0. The highest BCUT2D eigenvalue weighted by Crippen LogP contribution is 2.42. The quantitative estimate of drug-likeness (QED) is 0.192. The minimum Gasteiger partial charge on any atom is -0.308 e. The summed E-state index contributed by atoms with van der Waals surface area (Å²) in [6, 6.07) is 54.6. The van der Waals surface area contributed by atoms with Crippen LogP contribution in [0, 0.1) is 0 Å². The highest BCUT2D eigenvalue weighted by molar-refractivity contribution is 7.25. The molecule has 0 N–H and O–H groups in total. The molecule has 0 saturated carbocycles. The minimum absolute atomic E-state index is 0.687. The maximum atomic E-state index is 5.30. The number of hydrogen-bond donors (Lipinski definition) is 0. The molecule has 11 rings (SSSR count). The zero-order valence-corrected chi connectivity index (χ0v) is 27.0. The van der Waals surface area contributed by atoms with Crippen molar-refractivity contribution in [1.82, 2.24) is 19.1 Å². The van der Waals surface area contributed by atoms with Crippen LogP contribution in [0.3, 0.4) is 0 Å². The number of aromatic nitrogens is 4. The average molecular weight is 643 g/mol. The van der Waals surface area contributed by atoms with Crippen molar-refractivity contribution < 1.29 is 0 Å². The second-order valence-corrected chi connectivity index (χ2v) is 13.7. The van der Waals surface area contributed by atoms with Gasteiger partial charge in [0.2, 0.25) is 5.95 Å². The van der Waals surface area contributed by atoms with E-state index in [0.717, 1.165) is 32.2 Å². The number of rotatable bonds is 3. The number of nitrogens with zero attached hydrogens (tertiary/aromatic N) is 4. The van der Waals surface area contributed by atoms with Crippen molar-refractivity contribution in [3.63, 3.8) is 0 Å². The molecule has 4 aromatic heterocycles. The van der Waals surface area contributed by atoms with Crippen molar-refractivity contribution in [3.05, 3.63) is 158 Å². The summed E-state index contributed by atoms with van der Waals surface area (Å²) >= 11 is 1.75. The first kappa shape index (κ1) is 26.7. The molecule has 5 heteroatoms. The molecule has 228 valence electrons. The fourth-order valence-corrected chi connectivity index (χ4v) is 8.85. The Morgan fingerprint density at radius 2 is 1.00 bits per heavy atom. The topological polar surface area (TPSA) is 35.6 Å². The lowest BCUT2D eigenvalue weighted by atomic mass is 9.97. The van der Waals surface area contributed by atoms with Gasteiger partial charge in [0.15, 0.2) is 0 Å². The van der Waals surface area contributed by atoms with Crippen molar-refractivity contribution in [3.8, 4) is 22.8 Å². The van der Waals surface area contributed by atoms with Crippen molar-refractivity contribution in [2.45, 2.75) is 0 Å². The number of fused-ring (bicyclic) bond motifs is 10. The van der Waals surface area contributed by atoms with Crippen molar-refractivity contribution in [2.24, 2.45) is 0 Å². The first-order valence-corrected chi connectivity index (χ1v) is 17.3. The molecule has 0 aliphatic rings. The summed E-state index contributed by atoms with van der Waals surface area (Å²) < 4.78 is 6.94. The SMILES string of the molecule is c1ccc2c(-n3c4ccccc4c4ccccc43)c(-c3ccc4sc5cnc(-n6c7ccccc7c7ccccc76)nc5c4c3)ccc2c1. The zero-order chi connectivity index (χ0) is 32.1. The second-order valence-electron chi connectivity index (χ2n) is 12.6. The number of hydrogen-bond acceptors (Lipinski definition) is 3. The largest absolute Gasteiger partial charge is 0.308 e. The van der Waals surface area contributed by atoms with Gasteiger partial charge < -0.3 is 4.57 Å². The monoisotopic (exact) mass is 642 g/mol. The lowest BCUT2D eigenvalue weighted by Gasteiger charge is -2.17. The Morgan fingerprint density at radius 1 is 0.449 bits per heavy atom. The molecule has 0 aliphatic carbocycles. The maximum Gasteiger partial charge on any atom is 0.235 e. The van der Waals surface area contributed by atoms with Crippen LogP contribution in [0.25, 0.3) is 97.4 Å². The molecule has 11 aromatic rings. The van der Waals surface area contributed by atoms with Gasteiger partial charge >= 0.3 is 0 Å². The molecular formula is C44H26N4S. The maximum absolute atomic E-state index is 5.30. The molecule has 49 heavy (non-hydrogen) atoms. The third kappa shape index (κ3) is 3.79. The molecule has 0 unspecified atom stereocenters. The van der Waals surface area contributed by atoms with Crippen LogP contribution in [0.15, 0.2) is 158 Å². The van der Waals surface area contributed by atoms with Crippen molar-refractivity contribution in [2.75, 3.05) is 0 Å². The van der Waals surface area contributed by atoms with Gasteiger partial charge in [-0.2, -0.15) is 0 Å². The summed E-state index contributed by atoms with van der Waals surface area (Å²) in [5, 5.41) is 8.49. The Kier molecular flexibility index (Phi) is 5.51. The van der Waals surface area contributed by atoms with Crippen LogP contribution >= 0.6 is 11.3 Å². The fourth-order valence-electron chi connectivity index (χ4n) is 7.86. The third-order valence-electron chi connectivity index (χ3n) is 9.99. The molecule has 4 heterocycles. The van der Waals surface area contributed by atoms with Crippen LogP contribution in [0.2, 0.25) is 0 Å². The van der Waals surface area contributed by atoms with Crippen LogP contribution in [0.4, 0.5) is 0 Å². The number of thiophene rings is 1. The van der Waals surface area contributed by atoms with E-state index in [1.165, 1.54) is 59.3 Å². The lowest BCUT2D eigenvalue weighted by Crippen LogP contribution is -2.00. The van der Waals surface area contributed by atoms with E-state index < -0.39 is 0 Å². The van der Waals surface area contributed by atoms with Crippen LogP contribution in [-0.2, 0) is 0 Å². The molecule has 0 bridgehead atoms. The summed E-state index contributed by atoms with van der Waals surface area (Å²) in [5.41, 5.74) is 9.13. The van der Waals surface area contributed by atoms with Gasteiger partial charge in [-0.1, -0.05) is 115 Å². The van der Waals surface area contributed by atoms with E-state index in [1.807, 2.05) is 6.20 Å². The first-order chi connectivity index (χ1) is 24.3. The summed E-state index contributed by atoms with van der Waals surface area (Å²) in [5.74, 6) is 0.687. The van der Waals surface area contributed by atoms with Crippen LogP contribution in [0.5, 0.6) is 0 Å². The normalized spacial score (nSPS) is 12.1. The smallest absolute Gasteiger partial charge is 0.235 e. The van der Waals surface area contributed by atoms with Crippen LogP contribution in [0.1, 0.15) is 0 Å². The summed E-state index contributed by atoms with van der Waals surface area (Å²) in [4.78, 5) is 10.2. The lowest BCUT2D eigenvalue weighted by molar-refractivity contribution is 1.01. The second kappa shape index (κ2) is 10.1. The van der Waals surface area contributed by atoms with E-state index in [-0.39, 0.29) is 0 Å². The van der Waals surface area contributed by atoms with E-state index in [9.17, 15) is 0 Å². The van der Waals surface area contributed by atoms with Gasteiger partial charge in [-0.05, 0) is 47.3 Å². The van der Waals surface area contributed by atoms with Crippen molar-refractivity contribution in [1.29, 1.82) is 0 Å². The summed E-state index contributed by atoms with van der Waals surface area (Å²) in [6.07, 6.45) is 1.99. The Hall–Kier alpha value is -6.30. The molecule has 0 atom stereocenters. The molecule has 0 spiro atoms. The van der Waals surface area contributed by atoms with Gasteiger partial charge in [-0.15, -0.1) is 11.3 Å². The predicted octanol–water partition coefficient (Wildman–Crippen LogP) is 11.9. The van der Waals surface area contributed by atoms with Gasteiger partial charge in [0.25, 0.3) is 0 Å². The van der Waals surface area contributed by atoms with E-state index in [2.05, 4.69) is 161 Å². The van der Waals surface area contributed by atoms with Gasteiger partial charge in [0.1, 0.15) is 0 Å². The standard InChI is InChI=1S/C44H26N4S/c1-2-12-29-27(11-1)21-23-30(43(29)47-36-17-7-3-13-31(36)32-14-4-8-18-37(32)47)28-22-24-40-35(25-28)42-41(49-40)26-45-44(46-42)48-38-19-9-5-15-33(38)34-16-6-10-20-39(34)48/h1-26H. The van der Waals surface area contributed by atoms with Crippen LogP contribution in [-0.4, -0.2) is 19.1 Å². The third-order valence-corrected chi connectivity index (χ3v) is 11.1. The van der Waals surface area contributed by atoms with Gasteiger partial charge in [-0.25, -0.2) is 9.97 Å². The molecule has 0 amide bonds. The number of benzene rings is 7. The van der Waals surface area contributed by atoms with E-state index in [1.54, 1.807) is 11.3 Å². The molecule has 4 nitrogen and oxygen atoms in total. The zero-order valence-electron chi connectivity index (χ0n) is 26.2. The minimum atomic E-state index is 0.687. The molecule has 0 fully saturated rings. The summed E-state index contributed by atoms with van der Waals surface area (Å²) in [7, 11) is 0. The molecule has 0 radical (unpaired) electrons. The van der Waals surface area contributed by atoms with E-state index in [4.69, 9.17) is 9.97 Å². The Labute approximate surface area is 284 Å². The van der Waals surface area contributed by atoms with Gasteiger partial charge in [0, 0.05) is 42.6 Å². The van der Waals surface area contributed by atoms with Gasteiger partial charge in [-0.3, -0.25) is 4.57 Å². The molecule has 0 saturated heterocycles. The Balaban J connectivity index is 1.18.